The van der Waals surface area contributed by atoms with Gasteiger partial charge < -0.3 is 19.7 Å². The Kier molecular flexibility index (Phi) is 8.38. The number of hydroxylamine groups is 1. The third-order valence-electron chi connectivity index (χ3n) is 5.39. The van der Waals surface area contributed by atoms with E-state index in [1.165, 1.54) is 17.0 Å². The Morgan fingerprint density at radius 1 is 1.14 bits per heavy atom. The van der Waals surface area contributed by atoms with E-state index in [1.54, 1.807) is 58.0 Å². The largest absolute Gasteiger partial charge is 0.448 e. The van der Waals surface area contributed by atoms with Gasteiger partial charge in [-0.3, -0.25) is 5.32 Å². The van der Waals surface area contributed by atoms with Crippen molar-refractivity contribution in [2.75, 3.05) is 10.4 Å². The number of benzene rings is 2. The average molecular weight is 530 g/mol. The lowest BCUT2D eigenvalue weighted by Crippen LogP contribution is -2.40. The molecular formula is C25H28ClN5O6. The van der Waals surface area contributed by atoms with Gasteiger partial charge in [0.15, 0.2) is 0 Å². The Morgan fingerprint density at radius 2 is 1.81 bits per heavy atom. The van der Waals surface area contributed by atoms with Crippen LogP contribution in [0, 0.1) is 24.0 Å². The summed E-state index contributed by atoms with van der Waals surface area (Å²) in [6.45, 7) is 8.68. The van der Waals surface area contributed by atoms with Gasteiger partial charge in [-0.15, -0.1) is 16.7 Å². The number of amides is 2. The second-order valence-electron chi connectivity index (χ2n) is 9.18. The van der Waals surface area contributed by atoms with Crippen LogP contribution in [0.25, 0.3) is 0 Å². The van der Waals surface area contributed by atoms with Gasteiger partial charge in [-0.05, 0) is 73.9 Å². The Morgan fingerprint density at radius 3 is 2.46 bits per heavy atom. The molecule has 0 fully saturated rings. The predicted octanol–water partition coefficient (Wildman–Crippen LogP) is 6.10. The smallest absolute Gasteiger partial charge is 0.441 e. The zero-order valence-electron chi connectivity index (χ0n) is 21.1. The first-order valence-corrected chi connectivity index (χ1v) is 11.8. The lowest BCUT2D eigenvalue weighted by Gasteiger charge is -2.27. The number of rotatable bonds is 6. The van der Waals surface area contributed by atoms with E-state index in [4.69, 9.17) is 21.2 Å². The van der Waals surface area contributed by atoms with E-state index in [-0.39, 0.29) is 24.1 Å². The summed E-state index contributed by atoms with van der Waals surface area (Å²) in [5, 5.41) is 14.7. The summed E-state index contributed by atoms with van der Waals surface area (Å²) < 4.78 is 6.84. The van der Waals surface area contributed by atoms with Crippen molar-refractivity contribution in [3.63, 3.8) is 0 Å². The molecule has 0 atom stereocenters. The molecule has 0 aliphatic rings. The number of nitrogens with zero attached hydrogens (tertiary/aromatic N) is 4. The maximum atomic E-state index is 13.1. The molecule has 37 heavy (non-hydrogen) atoms. The molecule has 0 unspecified atom stereocenters. The van der Waals surface area contributed by atoms with Crippen LogP contribution in [0.5, 0.6) is 0 Å². The van der Waals surface area contributed by atoms with Crippen molar-refractivity contribution >= 4 is 41.1 Å². The maximum absolute atomic E-state index is 13.1. The second kappa shape index (κ2) is 11.3. The first kappa shape index (κ1) is 27.5. The van der Waals surface area contributed by atoms with Crippen molar-refractivity contribution in [3.8, 4) is 0 Å². The number of carbonyl (C=O) groups excluding carboxylic acids is 2. The van der Waals surface area contributed by atoms with Gasteiger partial charge in [-0.1, -0.05) is 29.2 Å². The highest BCUT2D eigenvalue weighted by Crippen LogP contribution is 2.28. The van der Waals surface area contributed by atoms with E-state index in [1.807, 2.05) is 13.0 Å². The van der Waals surface area contributed by atoms with Crippen molar-refractivity contribution < 1.29 is 24.1 Å². The Bertz CT molecular complexity index is 1320. The highest BCUT2D eigenvalue weighted by atomic mass is 35.5. The van der Waals surface area contributed by atoms with Gasteiger partial charge in [0.1, 0.15) is 18.0 Å². The van der Waals surface area contributed by atoms with Gasteiger partial charge in [0.2, 0.25) is 0 Å². The molecule has 12 heteroatoms. The van der Waals surface area contributed by atoms with Crippen LogP contribution in [-0.4, -0.2) is 32.3 Å². The van der Waals surface area contributed by atoms with Crippen molar-refractivity contribution in [2.45, 2.75) is 52.6 Å². The zero-order chi connectivity index (χ0) is 27.3. The van der Waals surface area contributed by atoms with Crippen LogP contribution < -0.4 is 10.4 Å². The zero-order valence-corrected chi connectivity index (χ0v) is 21.9. The van der Waals surface area contributed by atoms with Crippen LogP contribution in [0.2, 0.25) is 0 Å². The molecule has 0 spiro atoms. The molecule has 2 amide bonds. The quantitative estimate of drug-likeness (QED) is 0.232. The SMILES string of the molecule is Cc1c(CCl)cccc1NC(=O)ON(C(=O)OC(C)(C)C)c1cccc(Cn2ccnc2[N+](=O)[O-])c1C. The summed E-state index contributed by atoms with van der Waals surface area (Å²) in [4.78, 5) is 45.9. The maximum Gasteiger partial charge on any atom is 0.448 e. The number of ether oxygens (including phenoxy) is 1. The molecule has 2 aromatic carbocycles. The second-order valence-corrected chi connectivity index (χ2v) is 9.44. The molecule has 3 rings (SSSR count). The first-order chi connectivity index (χ1) is 17.4. The van der Waals surface area contributed by atoms with Crippen LogP contribution in [0.1, 0.15) is 43.0 Å². The first-order valence-electron chi connectivity index (χ1n) is 11.3. The number of anilines is 2. The summed E-state index contributed by atoms with van der Waals surface area (Å²) in [6.07, 6.45) is 0.981. The molecule has 0 saturated carbocycles. The standard InChI is InChI=1S/C25H28ClN5O6/c1-16-18(14-26)8-6-10-20(16)28-23(32)37-30(24(33)36-25(3,4)5)21-11-7-9-19(17(21)2)15-29-13-12-27-22(29)31(34)35/h6-13H,14-15H2,1-5H3,(H,28,32). The minimum atomic E-state index is -0.921. The Labute approximate surface area is 219 Å². The van der Waals surface area contributed by atoms with Crippen molar-refractivity contribution in [1.82, 2.24) is 9.55 Å². The number of hydrogen-bond acceptors (Lipinski definition) is 7. The lowest BCUT2D eigenvalue weighted by molar-refractivity contribution is -0.396. The number of nitro groups is 1. The predicted molar refractivity (Wildman–Crippen MR) is 139 cm³/mol. The van der Waals surface area contributed by atoms with E-state index >= 15 is 0 Å². The molecule has 0 aliphatic carbocycles. The summed E-state index contributed by atoms with van der Waals surface area (Å²) in [5.74, 6) is -0.0550. The molecule has 0 radical (unpaired) electrons. The van der Waals surface area contributed by atoms with E-state index in [0.29, 0.717) is 16.8 Å². The molecule has 3 aromatic rings. The summed E-state index contributed by atoms with van der Waals surface area (Å²) in [5.41, 5.74) is 2.62. The Balaban J connectivity index is 1.94. The average Bonchev–Trinajstić information content (AvgIpc) is 3.28. The molecule has 0 aliphatic heterocycles. The number of halogens is 1. The number of carbonyl (C=O) groups is 2. The van der Waals surface area contributed by atoms with Crippen LogP contribution in [-0.2, 0) is 22.0 Å². The van der Waals surface area contributed by atoms with Crippen LogP contribution in [0.4, 0.5) is 26.9 Å². The number of hydrogen-bond donors (Lipinski definition) is 1. The minimum absolute atomic E-state index is 0.106. The fourth-order valence-electron chi connectivity index (χ4n) is 3.51. The van der Waals surface area contributed by atoms with Gasteiger partial charge in [0.05, 0.1) is 12.2 Å². The molecular weight excluding hydrogens is 502 g/mol. The highest BCUT2D eigenvalue weighted by Gasteiger charge is 2.29. The normalized spacial score (nSPS) is 11.1. The van der Waals surface area contributed by atoms with Crippen molar-refractivity contribution in [1.29, 1.82) is 0 Å². The molecule has 1 aromatic heterocycles. The number of nitrogens with one attached hydrogen (secondary N) is 1. The van der Waals surface area contributed by atoms with E-state index in [0.717, 1.165) is 16.2 Å². The fourth-order valence-corrected chi connectivity index (χ4v) is 3.80. The van der Waals surface area contributed by atoms with Gasteiger partial charge in [-0.25, -0.2) is 14.2 Å². The van der Waals surface area contributed by atoms with Crippen LogP contribution >= 0.6 is 11.6 Å². The summed E-state index contributed by atoms with van der Waals surface area (Å²) >= 11 is 5.96. The third-order valence-corrected chi connectivity index (χ3v) is 5.68. The monoisotopic (exact) mass is 529 g/mol. The fraction of sp³-hybridized carbons (Fsp3) is 0.320. The molecule has 196 valence electrons. The number of aromatic nitrogens is 2. The van der Waals surface area contributed by atoms with Crippen LogP contribution in [0.3, 0.4) is 0 Å². The number of imidazole rings is 1. The molecule has 1 heterocycles. The molecule has 1 N–H and O–H groups in total. The van der Waals surface area contributed by atoms with Gasteiger partial charge in [0, 0.05) is 11.6 Å². The van der Waals surface area contributed by atoms with E-state index in [9.17, 15) is 19.7 Å². The number of alkyl halides is 1. The summed E-state index contributed by atoms with van der Waals surface area (Å²) in [6, 6.07) is 10.2. The minimum Gasteiger partial charge on any atom is -0.441 e. The third kappa shape index (κ3) is 6.76. The Hall–Kier alpha value is -4.12. The molecule has 0 bridgehead atoms. The topological polar surface area (TPSA) is 129 Å². The van der Waals surface area contributed by atoms with Gasteiger partial charge in [0.25, 0.3) is 0 Å². The van der Waals surface area contributed by atoms with Crippen molar-refractivity contribution in [3.05, 3.63) is 81.2 Å². The summed E-state index contributed by atoms with van der Waals surface area (Å²) in [7, 11) is 0. The van der Waals surface area contributed by atoms with Crippen LogP contribution in [0.15, 0.2) is 48.8 Å². The van der Waals surface area contributed by atoms with E-state index < -0.39 is 22.7 Å². The highest BCUT2D eigenvalue weighted by molar-refractivity contribution is 6.17. The van der Waals surface area contributed by atoms with Crippen molar-refractivity contribution in [2.24, 2.45) is 0 Å². The van der Waals surface area contributed by atoms with E-state index in [2.05, 4.69) is 10.3 Å². The lowest BCUT2D eigenvalue weighted by atomic mass is 10.1. The molecule has 11 nitrogen and oxygen atoms in total. The molecule has 0 saturated heterocycles. The van der Waals surface area contributed by atoms with Gasteiger partial charge >= 0.3 is 18.1 Å². The van der Waals surface area contributed by atoms with Gasteiger partial charge in [-0.2, -0.15) is 0 Å².